The number of nitrogens with zero attached hydrogens (tertiary/aromatic N) is 1. The first-order valence-corrected chi connectivity index (χ1v) is 13.2. The van der Waals surface area contributed by atoms with Gasteiger partial charge >= 0.3 is 0 Å². The SMILES string of the molecule is CC(=O)N(CC12CC3CC(CC(C3)C1)C2)[C@@H]1C=C(C(=O)NCCO)[C@@H]2c3ccccc3O[C@@H]2[C@H]1O. The van der Waals surface area contributed by atoms with Crippen LogP contribution in [0.1, 0.15) is 56.9 Å². The Morgan fingerprint density at radius 1 is 1.11 bits per heavy atom. The third-order valence-electron chi connectivity index (χ3n) is 9.31. The van der Waals surface area contributed by atoms with Gasteiger partial charge in [0.25, 0.3) is 0 Å². The molecule has 3 N–H and O–H groups in total. The van der Waals surface area contributed by atoms with E-state index in [-0.39, 0.29) is 30.4 Å². The van der Waals surface area contributed by atoms with Gasteiger partial charge in [-0.1, -0.05) is 18.2 Å². The summed E-state index contributed by atoms with van der Waals surface area (Å²) in [5.41, 5.74) is 1.49. The van der Waals surface area contributed by atoms with Crippen LogP contribution in [0.5, 0.6) is 5.75 Å². The van der Waals surface area contributed by atoms with Crippen LogP contribution >= 0.6 is 0 Å². The van der Waals surface area contributed by atoms with Crippen LogP contribution in [-0.2, 0) is 9.59 Å². The maximum atomic E-state index is 13.2. The number of ether oxygens (including phenoxy) is 1. The summed E-state index contributed by atoms with van der Waals surface area (Å²) in [5, 5.41) is 23.6. The molecule has 1 aliphatic heterocycles. The van der Waals surface area contributed by atoms with Crippen molar-refractivity contribution in [1.82, 2.24) is 10.2 Å². The van der Waals surface area contributed by atoms with Gasteiger partial charge in [0.2, 0.25) is 11.8 Å². The van der Waals surface area contributed by atoms with Gasteiger partial charge in [-0.05, 0) is 73.8 Å². The number of hydrogen-bond acceptors (Lipinski definition) is 5. The molecule has 0 unspecified atom stereocenters. The molecule has 2 amide bonds. The summed E-state index contributed by atoms with van der Waals surface area (Å²) in [5.74, 6) is 2.17. The molecule has 4 atom stereocenters. The molecule has 0 saturated heterocycles. The Balaban J connectivity index is 1.35. The lowest BCUT2D eigenvalue weighted by molar-refractivity contribution is -0.142. The van der Waals surface area contributed by atoms with Crippen molar-refractivity contribution in [3.8, 4) is 5.75 Å². The molecule has 7 nitrogen and oxygen atoms in total. The van der Waals surface area contributed by atoms with E-state index >= 15 is 0 Å². The number of carbonyl (C=O) groups is 2. The van der Waals surface area contributed by atoms with E-state index in [1.165, 1.54) is 19.3 Å². The van der Waals surface area contributed by atoms with Crippen molar-refractivity contribution in [1.29, 1.82) is 0 Å². The Morgan fingerprint density at radius 2 is 1.77 bits per heavy atom. The van der Waals surface area contributed by atoms with E-state index in [0.717, 1.165) is 42.6 Å². The lowest BCUT2D eigenvalue weighted by atomic mass is 9.49. The van der Waals surface area contributed by atoms with Crippen LogP contribution in [0.2, 0.25) is 0 Å². The molecule has 6 aliphatic rings. The molecule has 0 radical (unpaired) electrons. The highest BCUT2D eigenvalue weighted by Crippen LogP contribution is 2.60. The molecule has 7 rings (SSSR count). The molecular weight excluding hydrogens is 444 g/mol. The molecule has 0 spiro atoms. The summed E-state index contributed by atoms with van der Waals surface area (Å²) in [6, 6.07) is 6.94. The molecule has 4 fully saturated rings. The summed E-state index contributed by atoms with van der Waals surface area (Å²) in [4.78, 5) is 28.1. The Kier molecular flexibility index (Phi) is 5.68. The van der Waals surface area contributed by atoms with Crippen molar-refractivity contribution >= 4 is 11.8 Å². The van der Waals surface area contributed by atoms with Crippen molar-refractivity contribution < 1.29 is 24.5 Å². The van der Waals surface area contributed by atoms with Gasteiger partial charge in [-0.2, -0.15) is 0 Å². The lowest BCUT2D eigenvalue weighted by Crippen LogP contribution is -2.59. The quantitative estimate of drug-likeness (QED) is 0.581. The molecule has 1 heterocycles. The molecular formula is C28H36N2O5. The number of para-hydroxylation sites is 1. The van der Waals surface area contributed by atoms with E-state index in [0.29, 0.717) is 17.9 Å². The van der Waals surface area contributed by atoms with Crippen LogP contribution in [0.3, 0.4) is 0 Å². The van der Waals surface area contributed by atoms with Crippen molar-refractivity contribution in [3.05, 3.63) is 41.5 Å². The van der Waals surface area contributed by atoms with E-state index in [1.54, 1.807) is 13.0 Å². The van der Waals surface area contributed by atoms with Crippen molar-refractivity contribution in [3.63, 3.8) is 0 Å². The number of carbonyl (C=O) groups excluding carboxylic acids is 2. The summed E-state index contributed by atoms with van der Waals surface area (Å²) in [6.07, 6.45) is 7.68. The van der Waals surface area contributed by atoms with Crippen molar-refractivity contribution in [2.45, 2.75) is 69.6 Å². The summed E-state index contributed by atoms with van der Waals surface area (Å²) in [6.45, 7) is 2.19. The Labute approximate surface area is 206 Å². The maximum absolute atomic E-state index is 13.2. The van der Waals surface area contributed by atoms with Gasteiger partial charge in [-0.3, -0.25) is 9.59 Å². The van der Waals surface area contributed by atoms with Crippen LogP contribution in [-0.4, -0.2) is 64.9 Å². The van der Waals surface area contributed by atoms with Gasteiger partial charge in [0.05, 0.1) is 18.6 Å². The number of amides is 2. The van der Waals surface area contributed by atoms with Crippen LogP contribution in [0, 0.1) is 23.2 Å². The highest BCUT2D eigenvalue weighted by Gasteiger charge is 2.54. The molecule has 35 heavy (non-hydrogen) atoms. The highest BCUT2D eigenvalue weighted by molar-refractivity contribution is 5.96. The monoisotopic (exact) mass is 480 g/mol. The summed E-state index contributed by atoms with van der Waals surface area (Å²) >= 11 is 0. The average Bonchev–Trinajstić information content (AvgIpc) is 3.21. The van der Waals surface area contributed by atoms with Gasteiger partial charge in [-0.25, -0.2) is 0 Å². The second-order valence-corrected chi connectivity index (χ2v) is 11.7. The van der Waals surface area contributed by atoms with Crippen LogP contribution in [0.25, 0.3) is 0 Å². The fourth-order valence-electron chi connectivity index (χ4n) is 8.46. The first kappa shape index (κ1) is 23.0. The maximum Gasteiger partial charge on any atom is 0.247 e. The lowest BCUT2D eigenvalue weighted by Gasteiger charge is -2.58. The molecule has 1 aromatic rings. The number of hydrogen-bond donors (Lipinski definition) is 3. The average molecular weight is 481 g/mol. The first-order chi connectivity index (χ1) is 16.9. The van der Waals surface area contributed by atoms with E-state index < -0.39 is 24.2 Å². The topological polar surface area (TPSA) is 99.1 Å². The minimum absolute atomic E-state index is 0.0786. The van der Waals surface area contributed by atoms with Crippen molar-refractivity contribution in [2.75, 3.05) is 19.7 Å². The number of aliphatic hydroxyl groups is 2. The third kappa shape index (κ3) is 3.87. The summed E-state index contributed by atoms with van der Waals surface area (Å²) < 4.78 is 6.20. The number of aliphatic hydroxyl groups excluding tert-OH is 2. The molecule has 0 aromatic heterocycles. The molecule has 1 aromatic carbocycles. The van der Waals surface area contributed by atoms with Gasteiger partial charge in [0.15, 0.2) is 0 Å². The first-order valence-electron chi connectivity index (χ1n) is 13.2. The van der Waals surface area contributed by atoms with Gasteiger partial charge in [0, 0.05) is 31.1 Å². The van der Waals surface area contributed by atoms with E-state index in [4.69, 9.17) is 4.74 Å². The Bertz CT molecular complexity index is 1020. The zero-order chi connectivity index (χ0) is 24.3. The zero-order valence-corrected chi connectivity index (χ0v) is 20.4. The third-order valence-corrected chi connectivity index (χ3v) is 9.31. The predicted octanol–water partition coefficient (Wildman–Crippen LogP) is 2.37. The minimum atomic E-state index is -0.945. The second kappa shape index (κ2) is 8.63. The molecule has 7 heteroatoms. The molecule has 188 valence electrons. The summed E-state index contributed by atoms with van der Waals surface area (Å²) in [7, 11) is 0. The van der Waals surface area contributed by atoms with E-state index in [1.807, 2.05) is 29.2 Å². The van der Waals surface area contributed by atoms with Crippen LogP contribution in [0.15, 0.2) is 35.9 Å². The van der Waals surface area contributed by atoms with Gasteiger partial charge in [0.1, 0.15) is 18.0 Å². The van der Waals surface area contributed by atoms with E-state index in [9.17, 15) is 19.8 Å². The number of rotatable bonds is 6. The van der Waals surface area contributed by atoms with E-state index in [2.05, 4.69) is 5.32 Å². The van der Waals surface area contributed by atoms with Crippen LogP contribution in [0.4, 0.5) is 0 Å². The smallest absolute Gasteiger partial charge is 0.247 e. The molecule has 5 aliphatic carbocycles. The number of nitrogens with one attached hydrogen (secondary N) is 1. The largest absolute Gasteiger partial charge is 0.486 e. The zero-order valence-electron chi connectivity index (χ0n) is 20.4. The number of benzene rings is 1. The molecule has 4 bridgehead atoms. The van der Waals surface area contributed by atoms with Crippen LogP contribution < -0.4 is 10.1 Å². The normalized spacial score (nSPS) is 38.3. The fourth-order valence-corrected chi connectivity index (χ4v) is 8.46. The van der Waals surface area contributed by atoms with Gasteiger partial charge in [-0.15, -0.1) is 0 Å². The Hall–Kier alpha value is -2.38. The minimum Gasteiger partial charge on any atom is -0.486 e. The van der Waals surface area contributed by atoms with Crippen molar-refractivity contribution in [2.24, 2.45) is 23.2 Å². The Morgan fingerprint density at radius 3 is 2.40 bits per heavy atom. The highest BCUT2D eigenvalue weighted by atomic mass is 16.5. The van der Waals surface area contributed by atoms with Gasteiger partial charge < -0.3 is 25.2 Å². The number of fused-ring (bicyclic) bond motifs is 3. The predicted molar refractivity (Wildman–Crippen MR) is 130 cm³/mol. The fraction of sp³-hybridized carbons (Fsp3) is 0.643. The second-order valence-electron chi connectivity index (χ2n) is 11.7. The standard InChI is InChI=1S/C28H36N2O5/c1-16(32)30(15-28-12-17-8-18(13-28)10-19(9-17)14-28)22-11-21(27(34)29-6-7-31)24-20-4-2-3-5-23(20)35-26(24)25(22)33/h2-5,11,17-19,22,24-26,31,33H,6-10,12-15H2,1H3,(H,29,34)/t17?,18?,19?,22-,24+,25+,26+,28?/m1/s1. The molecule has 4 saturated carbocycles.